The van der Waals surface area contributed by atoms with Crippen LogP contribution in [0.25, 0.3) is 0 Å². The molecule has 0 radical (unpaired) electrons. The fourth-order valence-electron chi connectivity index (χ4n) is 2.10. The molecular formula is C13H27N3O2. The third kappa shape index (κ3) is 5.80. The van der Waals surface area contributed by atoms with Gasteiger partial charge in [0.15, 0.2) is 0 Å². The molecule has 0 bridgehead atoms. The van der Waals surface area contributed by atoms with Crippen molar-refractivity contribution in [2.24, 2.45) is 0 Å². The summed E-state index contributed by atoms with van der Waals surface area (Å²) in [6, 6.07) is 0. The number of hydrogen-bond donors (Lipinski definition) is 1. The van der Waals surface area contributed by atoms with E-state index in [1.807, 2.05) is 4.90 Å². The van der Waals surface area contributed by atoms with Gasteiger partial charge in [-0.15, -0.1) is 0 Å². The molecule has 5 heteroatoms. The number of ether oxygens (including phenoxy) is 1. The maximum Gasteiger partial charge on any atom is 0.236 e. The third-order valence-corrected chi connectivity index (χ3v) is 3.23. The lowest BCUT2D eigenvalue weighted by atomic mass is 10.3. The molecule has 1 saturated heterocycles. The minimum absolute atomic E-state index is 0.192. The summed E-state index contributed by atoms with van der Waals surface area (Å²) in [6.45, 7) is 11.7. The predicted octanol–water partition coefficient (Wildman–Crippen LogP) is 0.167. The Morgan fingerprint density at radius 2 is 2.00 bits per heavy atom. The average molecular weight is 257 g/mol. The monoisotopic (exact) mass is 257 g/mol. The molecule has 106 valence electrons. The molecule has 1 fully saturated rings. The molecule has 0 aromatic carbocycles. The highest BCUT2D eigenvalue weighted by molar-refractivity contribution is 5.78. The maximum atomic E-state index is 11.8. The second-order valence-electron chi connectivity index (χ2n) is 4.60. The van der Waals surface area contributed by atoms with Gasteiger partial charge in [-0.1, -0.05) is 13.8 Å². The molecule has 18 heavy (non-hydrogen) atoms. The van der Waals surface area contributed by atoms with Crippen molar-refractivity contribution in [3.05, 3.63) is 0 Å². The van der Waals surface area contributed by atoms with Crippen molar-refractivity contribution in [1.82, 2.24) is 15.1 Å². The Kier molecular flexibility index (Phi) is 7.96. The number of nitrogens with zero attached hydrogens (tertiary/aromatic N) is 2. The van der Waals surface area contributed by atoms with E-state index in [-0.39, 0.29) is 5.91 Å². The van der Waals surface area contributed by atoms with Crippen LogP contribution in [-0.2, 0) is 9.53 Å². The summed E-state index contributed by atoms with van der Waals surface area (Å²) in [4.78, 5) is 16.1. The zero-order valence-electron chi connectivity index (χ0n) is 11.8. The SMILES string of the molecule is CCCN(CC)CCNCC(=O)N1CCOCC1. The molecule has 0 atom stereocenters. The first-order valence-corrected chi connectivity index (χ1v) is 7.06. The fourth-order valence-corrected chi connectivity index (χ4v) is 2.10. The standard InChI is InChI=1S/C13H27N3O2/c1-3-6-15(4-2)7-5-14-12-13(17)16-8-10-18-11-9-16/h14H,3-12H2,1-2H3. The van der Waals surface area contributed by atoms with Gasteiger partial charge in [0.05, 0.1) is 19.8 Å². The second kappa shape index (κ2) is 9.30. The average Bonchev–Trinajstić information content (AvgIpc) is 2.43. The number of carbonyl (C=O) groups excluding carboxylic acids is 1. The molecule has 5 nitrogen and oxygen atoms in total. The van der Waals surface area contributed by atoms with Crippen molar-refractivity contribution in [2.45, 2.75) is 20.3 Å². The Bertz CT molecular complexity index is 230. The van der Waals surface area contributed by atoms with E-state index in [9.17, 15) is 4.79 Å². The molecule has 1 amide bonds. The molecule has 0 aliphatic carbocycles. The van der Waals surface area contributed by atoms with Gasteiger partial charge in [-0.05, 0) is 19.5 Å². The Labute approximate surface area is 110 Å². The van der Waals surface area contributed by atoms with Crippen LogP contribution in [0.5, 0.6) is 0 Å². The molecule has 1 aliphatic heterocycles. The van der Waals surface area contributed by atoms with E-state index >= 15 is 0 Å². The first kappa shape index (κ1) is 15.4. The second-order valence-corrected chi connectivity index (χ2v) is 4.60. The lowest BCUT2D eigenvalue weighted by Gasteiger charge is -2.27. The maximum absolute atomic E-state index is 11.8. The van der Waals surface area contributed by atoms with E-state index in [0.29, 0.717) is 19.8 Å². The van der Waals surface area contributed by atoms with Crippen LogP contribution in [0.4, 0.5) is 0 Å². The van der Waals surface area contributed by atoms with Crippen molar-refractivity contribution in [3.8, 4) is 0 Å². The Morgan fingerprint density at radius 1 is 1.28 bits per heavy atom. The van der Waals surface area contributed by atoms with Gasteiger partial charge in [0.1, 0.15) is 0 Å². The van der Waals surface area contributed by atoms with E-state index in [2.05, 4.69) is 24.1 Å². The van der Waals surface area contributed by atoms with Crippen LogP contribution >= 0.6 is 0 Å². The van der Waals surface area contributed by atoms with E-state index < -0.39 is 0 Å². The molecule has 0 spiro atoms. The summed E-state index contributed by atoms with van der Waals surface area (Å²) >= 11 is 0. The van der Waals surface area contributed by atoms with Crippen LogP contribution in [-0.4, -0.2) is 74.7 Å². The predicted molar refractivity (Wildman–Crippen MR) is 72.7 cm³/mol. The molecule has 1 N–H and O–H groups in total. The zero-order chi connectivity index (χ0) is 13.2. The number of nitrogens with one attached hydrogen (secondary N) is 1. The van der Waals surface area contributed by atoms with Gasteiger partial charge in [-0.25, -0.2) is 0 Å². The zero-order valence-corrected chi connectivity index (χ0v) is 11.8. The molecular weight excluding hydrogens is 230 g/mol. The van der Waals surface area contributed by atoms with Gasteiger partial charge in [0.25, 0.3) is 0 Å². The quantitative estimate of drug-likeness (QED) is 0.630. The van der Waals surface area contributed by atoms with Gasteiger partial charge >= 0.3 is 0 Å². The first-order valence-electron chi connectivity index (χ1n) is 7.06. The summed E-state index contributed by atoms with van der Waals surface area (Å²) in [5.74, 6) is 0.192. The molecule has 0 unspecified atom stereocenters. The van der Waals surface area contributed by atoms with Crippen LogP contribution in [0.1, 0.15) is 20.3 Å². The molecule has 0 aromatic rings. The van der Waals surface area contributed by atoms with Crippen LogP contribution < -0.4 is 5.32 Å². The highest BCUT2D eigenvalue weighted by Gasteiger charge is 2.15. The number of carbonyl (C=O) groups is 1. The summed E-state index contributed by atoms with van der Waals surface area (Å²) < 4.78 is 5.23. The van der Waals surface area contributed by atoms with Gasteiger partial charge in [-0.3, -0.25) is 4.79 Å². The van der Waals surface area contributed by atoms with Crippen LogP contribution in [0.3, 0.4) is 0 Å². The van der Waals surface area contributed by atoms with Crippen molar-refractivity contribution in [3.63, 3.8) is 0 Å². The van der Waals surface area contributed by atoms with E-state index in [0.717, 1.165) is 39.3 Å². The molecule has 1 rings (SSSR count). The highest BCUT2D eigenvalue weighted by atomic mass is 16.5. The Balaban J connectivity index is 2.07. The largest absolute Gasteiger partial charge is 0.378 e. The smallest absolute Gasteiger partial charge is 0.236 e. The van der Waals surface area contributed by atoms with Crippen molar-refractivity contribution in [1.29, 1.82) is 0 Å². The molecule has 1 aliphatic rings. The minimum Gasteiger partial charge on any atom is -0.378 e. The number of hydrogen-bond acceptors (Lipinski definition) is 4. The van der Waals surface area contributed by atoms with Gasteiger partial charge in [0, 0.05) is 26.2 Å². The van der Waals surface area contributed by atoms with E-state index in [1.165, 1.54) is 6.42 Å². The van der Waals surface area contributed by atoms with Gasteiger partial charge < -0.3 is 19.9 Å². The number of amides is 1. The molecule has 0 aromatic heterocycles. The van der Waals surface area contributed by atoms with Crippen LogP contribution in [0.2, 0.25) is 0 Å². The normalized spacial score (nSPS) is 16.3. The summed E-state index contributed by atoms with van der Waals surface area (Å²) in [6.07, 6.45) is 1.18. The summed E-state index contributed by atoms with van der Waals surface area (Å²) in [5.41, 5.74) is 0. The topological polar surface area (TPSA) is 44.8 Å². The fraction of sp³-hybridized carbons (Fsp3) is 0.923. The van der Waals surface area contributed by atoms with Crippen LogP contribution in [0, 0.1) is 0 Å². The number of likely N-dealkylation sites (N-methyl/N-ethyl adjacent to an activating group) is 1. The summed E-state index contributed by atoms with van der Waals surface area (Å²) in [7, 11) is 0. The molecule has 1 heterocycles. The van der Waals surface area contributed by atoms with Crippen molar-refractivity contribution in [2.75, 3.05) is 59.0 Å². The third-order valence-electron chi connectivity index (χ3n) is 3.23. The number of rotatable bonds is 8. The van der Waals surface area contributed by atoms with Crippen molar-refractivity contribution >= 4 is 5.91 Å². The van der Waals surface area contributed by atoms with Crippen LogP contribution in [0.15, 0.2) is 0 Å². The Hall–Kier alpha value is -0.650. The van der Waals surface area contributed by atoms with E-state index in [4.69, 9.17) is 4.74 Å². The van der Waals surface area contributed by atoms with Crippen molar-refractivity contribution < 1.29 is 9.53 Å². The lowest BCUT2D eigenvalue weighted by Crippen LogP contribution is -2.45. The van der Waals surface area contributed by atoms with Gasteiger partial charge in [0.2, 0.25) is 5.91 Å². The molecule has 0 saturated carbocycles. The summed E-state index contributed by atoms with van der Waals surface area (Å²) in [5, 5.41) is 3.23. The Morgan fingerprint density at radius 3 is 2.61 bits per heavy atom. The minimum atomic E-state index is 0.192. The number of morpholine rings is 1. The van der Waals surface area contributed by atoms with E-state index in [1.54, 1.807) is 0 Å². The van der Waals surface area contributed by atoms with Gasteiger partial charge in [-0.2, -0.15) is 0 Å². The highest BCUT2D eigenvalue weighted by Crippen LogP contribution is 1.96. The lowest BCUT2D eigenvalue weighted by molar-refractivity contribution is -0.134. The first-order chi connectivity index (χ1) is 8.77.